The van der Waals surface area contributed by atoms with Crippen molar-refractivity contribution >= 4 is 11.4 Å². The maximum Gasteiger partial charge on any atom is 0.0473 e. The van der Waals surface area contributed by atoms with E-state index in [0.29, 0.717) is 5.92 Å². The smallest absolute Gasteiger partial charge is 0.0473 e. The van der Waals surface area contributed by atoms with E-state index in [-0.39, 0.29) is 6.61 Å². The lowest BCUT2D eigenvalue weighted by molar-refractivity contribution is 0.239. The number of nitrogens with zero attached hydrogens (tertiary/aromatic N) is 1. The van der Waals surface area contributed by atoms with Crippen LogP contribution >= 0.6 is 0 Å². The number of hydrogen-bond acceptors (Lipinski definition) is 3. The minimum Gasteiger partial charge on any atom is -0.399 e. The van der Waals surface area contributed by atoms with E-state index < -0.39 is 0 Å². The van der Waals surface area contributed by atoms with Crippen molar-refractivity contribution in [3.05, 3.63) is 24.3 Å². The molecule has 0 amide bonds. The van der Waals surface area contributed by atoms with Gasteiger partial charge in [0, 0.05) is 31.1 Å². The Bertz CT molecular complexity index is 297. The third kappa shape index (κ3) is 3.74. The van der Waals surface area contributed by atoms with Crippen molar-refractivity contribution < 1.29 is 5.11 Å². The summed E-state index contributed by atoms with van der Waals surface area (Å²) in [5.41, 5.74) is 7.63. The number of hydrogen-bond donors (Lipinski definition) is 2. The quantitative estimate of drug-likeness (QED) is 0.725. The van der Waals surface area contributed by atoms with Gasteiger partial charge in [0.2, 0.25) is 0 Å². The van der Waals surface area contributed by atoms with Gasteiger partial charge in [-0.1, -0.05) is 13.8 Å². The average molecular weight is 222 g/mol. The molecule has 3 N–H and O–H groups in total. The van der Waals surface area contributed by atoms with Crippen molar-refractivity contribution in [3.63, 3.8) is 0 Å². The lowest BCUT2D eigenvalue weighted by atomic mass is 10.1. The predicted octanol–water partition coefficient (Wildman–Crippen LogP) is 2.11. The minimum atomic E-state index is 0.231. The molecule has 0 bridgehead atoms. The standard InChI is InChI=1S/C13H22N2O/c1-3-8-15(9-11(2)10-16)13-6-4-12(14)5-7-13/h4-7,11,16H,3,8-10,14H2,1-2H3. The molecule has 0 saturated carbocycles. The van der Waals surface area contributed by atoms with Gasteiger partial charge in [0.05, 0.1) is 0 Å². The molecule has 0 radical (unpaired) electrons. The Morgan fingerprint density at radius 2 is 1.94 bits per heavy atom. The van der Waals surface area contributed by atoms with Crippen LogP contribution in [0.15, 0.2) is 24.3 Å². The zero-order chi connectivity index (χ0) is 12.0. The topological polar surface area (TPSA) is 49.5 Å². The summed E-state index contributed by atoms with van der Waals surface area (Å²) in [6.07, 6.45) is 1.10. The molecule has 1 aromatic carbocycles. The van der Waals surface area contributed by atoms with Crippen molar-refractivity contribution in [2.75, 3.05) is 30.3 Å². The molecule has 1 rings (SSSR count). The number of nitrogens with two attached hydrogens (primary N) is 1. The molecule has 0 aliphatic heterocycles. The third-order valence-corrected chi connectivity index (χ3v) is 2.60. The largest absolute Gasteiger partial charge is 0.399 e. The van der Waals surface area contributed by atoms with E-state index >= 15 is 0 Å². The van der Waals surface area contributed by atoms with E-state index in [9.17, 15) is 0 Å². The second-order valence-corrected chi connectivity index (χ2v) is 4.33. The Balaban J connectivity index is 2.72. The molecule has 90 valence electrons. The fourth-order valence-corrected chi connectivity index (χ4v) is 1.71. The first-order chi connectivity index (χ1) is 7.67. The van der Waals surface area contributed by atoms with Crippen LogP contribution in [-0.4, -0.2) is 24.8 Å². The summed E-state index contributed by atoms with van der Waals surface area (Å²) in [6, 6.07) is 7.91. The molecule has 3 heteroatoms. The maximum atomic E-state index is 9.10. The molecule has 0 fully saturated rings. The first-order valence-corrected chi connectivity index (χ1v) is 5.88. The van der Waals surface area contributed by atoms with E-state index in [0.717, 1.165) is 25.2 Å². The Morgan fingerprint density at radius 3 is 2.44 bits per heavy atom. The molecule has 1 atom stereocenters. The summed E-state index contributed by atoms with van der Waals surface area (Å²) < 4.78 is 0. The number of aliphatic hydroxyl groups excluding tert-OH is 1. The molecular formula is C13H22N2O. The second-order valence-electron chi connectivity index (χ2n) is 4.33. The van der Waals surface area contributed by atoms with Crippen LogP contribution in [0.1, 0.15) is 20.3 Å². The van der Waals surface area contributed by atoms with Gasteiger partial charge in [-0.3, -0.25) is 0 Å². The van der Waals surface area contributed by atoms with Crippen molar-refractivity contribution in [2.45, 2.75) is 20.3 Å². The van der Waals surface area contributed by atoms with Crippen LogP contribution in [0, 0.1) is 5.92 Å². The van der Waals surface area contributed by atoms with Gasteiger partial charge in [-0.25, -0.2) is 0 Å². The van der Waals surface area contributed by atoms with Crippen molar-refractivity contribution in [3.8, 4) is 0 Å². The van der Waals surface area contributed by atoms with Crippen LogP contribution in [0.3, 0.4) is 0 Å². The van der Waals surface area contributed by atoms with Gasteiger partial charge in [-0.2, -0.15) is 0 Å². The van der Waals surface area contributed by atoms with Gasteiger partial charge in [-0.15, -0.1) is 0 Å². The normalized spacial score (nSPS) is 12.4. The monoisotopic (exact) mass is 222 g/mol. The van der Waals surface area contributed by atoms with Crippen molar-refractivity contribution in [1.82, 2.24) is 0 Å². The summed E-state index contributed by atoms with van der Waals surface area (Å²) in [4.78, 5) is 2.29. The van der Waals surface area contributed by atoms with E-state index in [1.54, 1.807) is 0 Å². The SMILES string of the molecule is CCCN(CC(C)CO)c1ccc(N)cc1. The van der Waals surface area contributed by atoms with Gasteiger partial charge in [0.15, 0.2) is 0 Å². The average Bonchev–Trinajstić information content (AvgIpc) is 2.29. The fraction of sp³-hybridized carbons (Fsp3) is 0.538. The highest BCUT2D eigenvalue weighted by Gasteiger charge is 2.09. The van der Waals surface area contributed by atoms with Gasteiger partial charge >= 0.3 is 0 Å². The number of rotatable bonds is 6. The molecule has 0 heterocycles. The number of aliphatic hydroxyl groups is 1. The summed E-state index contributed by atoms with van der Waals surface area (Å²) >= 11 is 0. The summed E-state index contributed by atoms with van der Waals surface area (Å²) in [5.74, 6) is 0.295. The molecule has 0 aromatic heterocycles. The van der Waals surface area contributed by atoms with Crippen LogP contribution < -0.4 is 10.6 Å². The highest BCUT2D eigenvalue weighted by atomic mass is 16.3. The Labute approximate surface area is 97.9 Å². The molecule has 16 heavy (non-hydrogen) atoms. The van der Waals surface area contributed by atoms with Crippen LogP contribution in [0.4, 0.5) is 11.4 Å². The van der Waals surface area contributed by atoms with Gasteiger partial charge in [-0.05, 0) is 36.6 Å². The Kier molecular flexibility index (Phi) is 5.12. The highest BCUT2D eigenvalue weighted by molar-refractivity contribution is 5.53. The lowest BCUT2D eigenvalue weighted by Gasteiger charge is -2.27. The minimum absolute atomic E-state index is 0.231. The van der Waals surface area contributed by atoms with E-state index in [4.69, 9.17) is 10.8 Å². The number of nitrogen functional groups attached to an aromatic ring is 1. The van der Waals surface area contributed by atoms with Gasteiger partial charge in [0.1, 0.15) is 0 Å². The molecule has 0 aliphatic rings. The first kappa shape index (κ1) is 12.8. The summed E-state index contributed by atoms with van der Waals surface area (Å²) in [5, 5.41) is 9.10. The van der Waals surface area contributed by atoms with Crippen LogP contribution in [0.5, 0.6) is 0 Å². The van der Waals surface area contributed by atoms with Crippen molar-refractivity contribution in [2.24, 2.45) is 5.92 Å². The lowest BCUT2D eigenvalue weighted by Crippen LogP contribution is -2.30. The number of benzene rings is 1. The molecule has 3 nitrogen and oxygen atoms in total. The molecule has 1 unspecified atom stereocenters. The summed E-state index contributed by atoms with van der Waals surface area (Å²) in [7, 11) is 0. The first-order valence-electron chi connectivity index (χ1n) is 5.88. The van der Waals surface area contributed by atoms with Gasteiger partial charge < -0.3 is 15.7 Å². The molecule has 0 saturated heterocycles. The maximum absolute atomic E-state index is 9.10. The van der Waals surface area contributed by atoms with Crippen LogP contribution in [-0.2, 0) is 0 Å². The van der Waals surface area contributed by atoms with Gasteiger partial charge in [0.25, 0.3) is 0 Å². The molecule has 1 aromatic rings. The molecular weight excluding hydrogens is 200 g/mol. The Morgan fingerprint density at radius 1 is 1.31 bits per heavy atom. The second kappa shape index (κ2) is 6.38. The van der Waals surface area contributed by atoms with E-state index in [2.05, 4.69) is 18.7 Å². The molecule has 0 spiro atoms. The summed E-state index contributed by atoms with van der Waals surface area (Å²) in [6.45, 7) is 6.34. The van der Waals surface area contributed by atoms with Crippen LogP contribution in [0.2, 0.25) is 0 Å². The zero-order valence-corrected chi connectivity index (χ0v) is 10.2. The predicted molar refractivity (Wildman–Crippen MR) is 69.6 cm³/mol. The van der Waals surface area contributed by atoms with Crippen molar-refractivity contribution in [1.29, 1.82) is 0 Å². The fourth-order valence-electron chi connectivity index (χ4n) is 1.71. The van der Waals surface area contributed by atoms with E-state index in [1.807, 2.05) is 24.3 Å². The third-order valence-electron chi connectivity index (χ3n) is 2.60. The number of anilines is 2. The zero-order valence-electron chi connectivity index (χ0n) is 10.2. The molecule has 0 aliphatic carbocycles. The Hall–Kier alpha value is -1.22. The van der Waals surface area contributed by atoms with Crippen LogP contribution in [0.25, 0.3) is 0 Å². The highest BCUT2D eigenvalue weighted by Crippen LogP contribution is 2.17. The van der Waals surface area contributed by atoms with E-state index in [1.165, 1.54) is 5.69 Å².